The smallest absolute Gasteiger partial charge is 0.0782 e. The molecule has 0 amide bonds. The minimum Gasteiger partial charge on any atom is -1.00 e. The van der Waals surface area contributed by atoms with Gasteiger partial charge >= 0.3 is 0 Å². The number of rotatable bonds is 25. The highest BCUT2D eigenvalue weighted by atomic mass is 79.9. The van der Waals surface area contributed by atoms with Gasteiger partial charge in [-0.2, -0.15) is 0 Å². The summed E-state index contributed by atoms with van der Waals surface area (Å²) in [6.45, 7) is 18.8. The fourth-order valence-corrected chi connectivity index (χ4v) is 11.3. The molecule has 0 aromatic heterocycles. The number of nitrogens with zero attached hydrogens (tertiary/aromatic N) is 2. The summed E-state index contributed by atoms with van der Waals surface area (Å²) in [5, 5.41) is 0. The van der Waals surface area contributed by atoms with Crippen molar-refractivity contribution in [3.63, 3.8) is 0 Å². The Labute approximate surface area is 402 Å². The Kier molecular flexibility index (Phi) is 19.7. The average Bonchev–Trinajstić information content (AvgIpc) is 3.65. The van der Waals surface area contributed by atoms with Gasteiger partial charge in [0.05, 0.1) is 54.4 Å². The molecular formula is C58H86Br2N2. The minimum atomic E-state index is 0. The van der Waals surface area contributed by atoms with E-state index in [1.165, 1.54) is 186 Å². The first kappa shape index (κ1) is 52.4. The first-order chi connectivity index (χ1) is 28.8. The number of halogens is 2. The minimum absolute atomic E-state index is 0. The topological polar surface area (TPSA) is 0 Å². The van der Waals surface area contributed by atoms with Gasteiger partial charge in [0.25, 0.3) is 0 Å². The van der Waals surface area contributed by atoms with Crippen LogP contribution in [0.15, 0.2) is 72.8 Å². The van der Waals surface area contributed by atoms with Crippen LogP contribution in [-0.4, -0.2) is 63.3 Å². The van der Waals surface area contributed by atoms with Crippen LogP contribution in [0.1, 0.15) is 177 Å². The van der Waals surface area contributed by atoms with Gasteiger partial charge in [0.1, 0.15) is 0 Å². The van der Waals surface area contributed by atoms with Crippen molar-refractivity contribution in [2.45, 2.75) is 168 Å². The van der Waals surface area contributed by atoms with E-state index in [2.05, 4.69) is 143 Å². The number of quaternary nitrogens is 2. The fourth-order valence-electron chi connectivity index (χ4n) is 11.3. The second-order valence-corrected chi connectivity index (χ2v) is 21.0. The van der Waals surface area contributed by atoms with E-state index in [9.17, 15) is 0 Å². The molecule has 62 heavy (non-hydrogen) atoms. The lowest BCUT2D eigenvalue weighted by Crippen LogP contribution is -3.00. The molecule has 0 saturated carbocycles. The number of benzene rings is 4. The molecule has 4 aromatic carbocycles. The van der Waals surface area contributed by atoms with Crippen molar-refractivity contribution in [2.24, 2.45) is 0 Å². The van der Waals surface area contributed by atoms with Gasteiger partial charge in [0, 0.05) is 10.8 Å². The normalized spacial score (nSPS) is 14.4. The predicted octanol–water partition coefficient (Wildman–Crippen LogP) is 9.77. The van der Waals surface area contributed by atoms with E-state index in [1.54, 1.807) is 22.3 Å². The summed E-state index contributed by atoms with van der Waals surface area (Å²) < 4.78 is 2.17. The third kappa shape index (κ3) is 11.8. The van der Waals surface area contributed by atoms with Gasteiger partial charge in [-0.15, -0.1) is 0 Å². The predicted molar refractivity (Wildman–Crippen MR) is 263 cm³/mol. The molecule has 0 unspecified atom stereocenters. The largest absolute Gasteiger partial charge is 1.00 e. The zero-order chi connectivity index (χ0) is 43.0. The van der Waals surface area contributed by atoms with Crippen LogP contribution in [0.25, 0.3) is 33.4 Å². The Bertz CT molecular complexity index is 1990. The van der Waals surface area contributed by atoms with Crippen LogP contribution in [0.5, 0.6) is 0 Å². The van der Waals surface area contributed by atoms with Crippen molar-refractivity contribution >= 4 is 0 Å². The van der Waals surface area contributed by atoms with Gasteiger partial charge in [-0.1, -0.05) is 163 Å². The van der Waals surface area contributed by atoms with Crippen LogP contribution >= 0.6 is 0 Å². The molecular weight excluding hydrogens is 884 g/mol. The third-order valence-electron chi connectivity index (χ3n) is 15.7. The monoisotopic (exact) mass is 969 g/mol. The lowest BCUT2D eigenvalue weighted by molar-refractivity contribution is -0.889. The molecule has 0 fully saturated rings. The van der Waals surface area contributed by atoms with E-state index < -0.39 is 0 Å². The first-order valence-electron chi connectivity index (χ1n) is 25.0. The van der Waals surface area contributed by atoms with Crippen LogP contribution in [0.3, 0.4) is 0 Å². The maximum absolute atomic E-state index is 2.69. The summed E-state index contributed by atoms with van der Waals surface area (Å²) in [4.78, 5) is 0. The van der Waals surface area contributed by atoms with Crippen LogP contribution in [0.2, 0.25) is 0 Å². The van der Waals surface area contributed by atoms with Crippen LogP contribution in [-0.2, 0) is 10.8 Å². The molecule has 0 bridgehead atoms. The highest BCUT2D eigenvalue weighted by Gasteiger charge is 2.45. The second-order valence-electron chi connectivity index (χ2n) is 21.0. The molecule has 0 saturated heterocycles. The van der Waals surface area contributed by atoms with Crippen molar-refractivity contribution < 1.29 is 42.9 Å². The van der Waals surface area contributed by atoms with E-state index >= 15 is 0 Å². The van der Waals surface area contributed by atoms with Crippen molar-refractivity contribution in [1.82, 2.24) is 0 Å². The highest BCUT2D eigenvalue weighted by Crippen LogP contribution is 2.57. The van der Waals surface area contributed by atoms with Gasteiger partial charge in [-0.05, 0) is 134 Å². The van der Waals surface area contributed by atoms with Crippen molar-refractivity contribution in [2.75, 3.05) is 54.4 Å². The summed E-state index contributed by atoms with van der Waals surface area (Å²) in [6.07, 6.45) is 23.6. The lowest BCUT2D eigenvalue weighted by atomic mass is 9.69. The Morgan fingerprint density at radius 3 is 1.03 bits per heavy atom. The molecule has 6 rings (SSSR count). The number of fused-ring (bicyclic) bond motifs is 6. The number of unbranched alkanes of at least 4 members (excludes halogenated alkanes) is 10. The summed E-state index contributed by atoms with van der Waals surface area (Å²) >= 11 is 0. The molecule has 0 heterocycles. The Balaban J connectivity index is 0.00000422. The Hall–Kier alpha value is -2.24. The summed E-state index contributed by atoms with van der Waals surface area (Å²) in [5.74, 6) is 0. The SMILES string of the molecule is CCCCCCCCC1(CCCCCCCC)c2cc(C)ccc2-c2ccc(-c3ccc4c(c3)C(CCC[N+](C)(C)CC)(CCC[N+](C)(C)CC)c3cc(C)ccc3-4)cc21.[Br-].[Br-]. The molecule has 0 aliphatic heterocycles. The number of hydrogen-bond acceptors (Lipinski definition) is 0. The van der Waals surface area contributed by atoms with E-state index in [0.717, 1.165) is 8.97 Å². The van der Waals surface area contributed by atoms with E-state index in [0.29, 0.717) is 0 Å². The first-order valence-corrected chi connectivity index (χ1v) is 25.0. The average molecular weight is 971 g/mol. The summed E-state index contributed by atoms with van der Waals surface area (Å²) in [7, 11) is 9.66. The maximum atomic E-state index is 2.69. The number of hydrogen-bond donors (Lipinski definition) is 0. The van der Waals surface area contributed by atoms with Crippen molar-refractivity contribution in [3.8, 4) is 33.4 Å². The molecule has 4 aromatic rings. The second kappa shape index (κ2) is 23.3. The van der Waals surface area contributed by atoms with E-state index in [-0.39, 0.29) is 44.8 Å². The van der Waals surface area contributed by atoms with Crippen molar-refractivity contribution in [3.05, 3.63) is 106 Å². The number of aryl methyl sites for hydroxylation is 2. The van der Waals surface area contributed by atoms with E-state index in [1.807, 2.05) is 0 Å². The fraction of sp³-hybridized carbons (Fsp3) is 0.586. The molecule has 2 nitrogen and oxygen atoms in total. The van der Waals surface area contributed by atoms with E-state index in [4.69, 9.17) is 0 Å². The van der Waals surface area contributed by atoms with Gasteiger partial charge in [0.15, 0.2) is 0 Å². The quantitative estimate of drug-likeness (QED) is 0.0459. The summed E-state index contributed by atoms with van der Waals surface area (Å²) in [5.41, 5.74) is 18.1. The lowest BCUT2D eigenvalue weighted by Gasteiger charge is -2.36. The van der Waals surface area contributed by atoms with Gasteiger partial charge < -0.3 is 42.9 Å². The molecule has 0 atom stereocenters. The van der Waals surface area contributed by atoms with Crippen LogP contribution in [0, 0.1) is 13.8 Å². The van der Waals surface area contributed by atoms with Gasteiger partial charge in [0.2, 0.25) is 0 Å². The zero-order valence-electron chi connectivity index (χ0n) is 41.1. The third-order valence-corrected chi connectivity index (χ3v) is 15.7. The van der Waals surface area contributed by atoms with Crippen molar-refractivity contribution in [1.29, 1.82) is 0 Å². The Morgan fingerprint density at radius 1 is 0.371 bits per heavy atom. The molecule has 0 N–H and O–H groups in total. The Morgan fingerprint density at radius 2 is 0.677 bits per heavy atom. The van der Waals surface area contributed by atoms with Gasteiger partial charge in [-0.25, -0.2) is 0 Å². The molecule has 2 aliphatic carbocycles. The van der Waals surface area contributed by atoms with Crippen LogP contribution in [0.4, 0.5) is 0 Å². The molecule has 0 spiro atoms. The van der Waals surface area contributed by atoms with Gasteiger partial charge in [-0.3, -0.25) is 0 Å². The maximum Gasteiger partial charge on any atom is 0.0782 e. The van der Waals surface area contributed by atoms with Crippen LogP contribution < -0.4 is 34.0 Å². The molecule has 0 radical (unpaired) electrons. The highest BCUT2D eigenvalue weighted by molar-refractivity contribution is 5.87. The standard InChI is InChI=1S/C58H86N2.2BrH/c1-11-15-17-19-21-23-35-57(36-24-22-20-18-16-12-2)53-41-45(5)27-31-49(53)51-33-29-47(43-55(51)57)48-30-34-52-50-32-28-46(6)42-54(50)58(56(52)44-48,37-25-39-59(7,8)13-3)38-26-40-60(9,10)14-4;;/h27-34,41-44H,11-26,35-40H2,1-10H3;2*1H/q+2;;/p-2. The zero-order valence-corrected chi connectivity index (χ0v) is 44.3. The molecule has 2 aliphatic rings. The summed E-state index contributed by atoms with van der Waals surface area (Å²) in [6, 6.07) is 30.2. The molecule has 342 valence electrons. The molecule has 4 heteroatoms.